The molecule has 0 aromatic heterocycles. The lowest BCUT2D eigenvalue weighted by Crippen LogP contribution is -2.61. The van der Waals surface area contributed by atoms with Crippen LogP contribution in [-0.2, 0) is 23.9 Å². The van der Waals surface area contributed by atoms with Crippen molar-refractivity contribution in [2.24, 2.45) is 11.7 Å². The average Bonchev–Trinajstić information content (AvgIpc) is 2.22. The van der Waals surface area contributed by atoms with Crippen LogP contribution in [0.15, 0.2) is 0 Å². The largest absolute Gasteiger partial charge is 0.479 e. The summed E-state index contributed by atoms with van der Waals surface area (Å²) >= 11 is 0. The maximum Gasteiger partial charge on any atom is 0.338 e. The quantitative estimate of drug-likeness (QED) is 0.563. The first kappa shape index (κ1) is 20.4. The Bertz CT molecular complexity index is 449. The van der Waals surface area contributed by atoms with Crippen molar-refractivity contribution in [3.63, 3.8) is 0 Å². The highest BCUT2D eigenvalue weighted by Gasteiger charge is 2.49. The van der Waals surface area contributed by atoms with E-state index < -0.39 is 40.6 Å². The number of aliphatic carboxylic acids is 1. The average molecular weight is 317 g/mol. The molecule has 0 aliphatic carbocycles. The summed E-state index contributed by atoms with van der Waals surface area (Å²) in [4.78, 5) is 35.2. The lowest BCUT2D eigenvalue weighted by Gasteiger charge is -2.32. The van der Waals surface area contributed by atoms with E-state index in [9.17, 15) is 19.5 Å². The number of nitrogens with two attached hydrogens (primary N) is 1. The molecule has 1 atom stereocenters. The zero-order valence-corrected chi connectivity index (χ0v) is 14.4. The lowest BCUT2D eigenvalue weighted by atomic mass is 9.87. The molecule has 22 heavy (non-hydrogen) atoms. The second-order valence-corrected chi connectivity index (χ2v) is 7.24. The van der Waals surface area contributed by atoms with Crippen LogP contribution in [0.4, 0.5) is 0 Å². The predicted molar refractivity (Wildman–Crippen MR) is 80.0 cm³/mol. The van der Waals surface area contributed by atoms with Gasteiger partial charge in [0.15, 0.2) is 0 Å². The number of carboxylic acid groups (broad SMARTS) is 1. The van der Waals surface area contributed by atoms with E-state index in [2.05, 4.69) is 0 Å². The summed E-state index contributed by atoms with van der Waals surface area (Å²) in [6.45, 7) is 11.2. The smallest absolute Gasteiger partial charge is 0.338 e. The highest BCUT2D eigenvalue weighted by molar-refractivity contribution is 6.04. The first-order valence-electron chi connectivity index (χ1n) is 7.09. The molecule has 0 aliphatic rings. The molecule has 0 saturated carbocycles. The number of hydrogen-bond donors (Lipinski definition) is 2. The van der Waals surface area contributed by atoms with Crippen molar-refractivity contribution in [1.82, 2.24) is 0 Å². The number of ether oxygens (including phenoxy) is 2. The minimum Gasteiger partial charge on any atom is -0.479 e. The molecule has 0 aromatic carbocycles. The maximum atomic E-state index is 12.2. The van der Waals surface area contributed by atoms with Crippen LogP contribution < -0.4 is 5.73 Å². The van der Waals surface area contributed by atoms with Gasteiger partial charge in [-0.05, 0) is 40.5 Å². The van der Waals surface area contributed by atoms with Crippen molar-refractivity contribution in [3.8, 4) is 0 Å². The van der Waals surface area contributed by atoms with Gasteiger partial charge < -0.3 is 20.3 Å². The molecular formula is C15H27NO6. The summed E-state index contributed by atoms with van der Waals surface area (Å²) < 4.78 is 10.3. The van der Waals surface area contributed by atoms with Gasteiger partial charge in [-0.25, -0.2) is 9.59 Å². The molecule has 0 aliphatic heterocycles. The summed E-state index contributed by atoms with van der Waals surface area (Å²) in [5.74, 6) is -3.77. The van der Waals surface area contributed by atoms with E-state index in [0.717, 1.165) is 0 Å². The highest BCUT2D eigenvalue weighted by Crippen LogP contribution is 2.24. The van der Waals surface area contributed by atoms with Crippen LogP contribution in [0.25, 0.3) is 0 Å². The van der Waals surface area contributed by atoms with Crippen LogP contribution in [0.3, 0.4) is 0 Å². The van der Waals surface area contributed by atoms with Crippen LogP contribution in [0.2, 0.25) is 0 Å². The number of rotatable bonds is 6. The summed E-state index contributed by atoms with van der Waals surface area (Å²) in [7, 11) is 0. The molecule has 0 amide bonds. The van der Waals surface area contributed by atoms with Gasteiger partial charge in [0.25, 0.3) is 0 Å². The van der Waals surface area contributed by atoms with Gasteiger partial charge in [0, 0.05) is 0 Å². The zero-order valence-electron chi connectivity index (χ0n) is 14.4. The highest BCUT2D eigenvalue weighted by atomic mass is 16.6. The zero-order chi connectivity index (χ0) is 17.9. The van der Waals surface area contributed by atoms with Crippen molar-refractivity contribution >= 4 is 17.9 Å². The monoisotopic (exact) mass is 317 g/mol. The molecule has 0 radical (unpaired) electrons. The molecule has 0 spiro atoms. The van der Waals surface area contributed by atoms with E-state index in [1.54, 1.807) is 20.8 Å². The number of hydrogen-bond acceptors (Lipinski definition) is 6. The van der Waals surface area contributed by atoms with E-state index in [4.69, 9.17) is 15.2 Å². The molecule has 0 aromatic rings. The van der Waals surface area contributed by atoms with Crippen LogP contribution in [0.1, 0.15) is 54.9 Å². The summed E-state index contributed by atoms with van der Waals surface area (Å²) in [6.07, 6.45) is -0.205. The Morgan fingerprint density at radius 3 is 1.82 bits per heavy atom. The standard InChI is InChI=1S/C15H27NO6/c1-9(2)15(16,11(18)19)12(20)22-14(6,7)8-10(17)21-13(3,4)5/h9H,8,16H2,1-7H3,(H,18,19). The predicted octanol–water partition coefficient (Wildman–Crippen LogP) is 1.48. The third-order valence-corrected chi connectivity index (χ3v) is 2.96. The van der Waals surface area contributed by atoms with Crippen molar-refractivity contribution in [2.75, 3.05) is 0 Å². The van der Waals surface area contributed by atoms with Crippen molar-refractivity contribution in [2.45, 2.75) is 71.6 Å². The van der Waals surface area contributed by atoms with Crippen LogP contribution in [0, 0.1) is 5.92 Å². The molecule has 0 heterocycles. The normalized spacial score (nSPS) is 15.1. The maximum absolute atomic E-state index is 12.2. The Labute approximate surface area is 131 Å². The van der Waals surface area contributed by atoms with Crippen LogP contribution in [0.5, 0.6) is 0 Å². The lowest BCUT2D eigenvalue weighted by molar-refractivity contribution is -0.177. The SMILES string of the molecule is CC(C)C(N)(C(=O)O)C(=O)OC(C)(C)CC(=O)OC(C)(C)C. The third-order valence-electron chi connectivity index (χ3n) is 2.96. The van der Waals surface area contributed by atoms with Gasteiger partial charge in [-0.1, -0.05) is 13.8 Å². The van der Waals surface area contributed by atoms with Crippen LogP contribution in [-0.4, -0.2) is 39.8 Å². The van der Waals surface area contributed by atoms with Gasteiger partial charge in [0.2, 0.25) is 5.54 Å². The molecular weight excluding hydrogens is 290 g/mol. The Hall–Kier alpha value is -1.63. The van der Waals surface area contributed by atoms with E-state index in [0.29, 0.717) is 0 Å². The topological polar surface area (TPSA) is 116 Å². The Morgan fingerprint density at radius 2 is 1.50 bits per heavy atom. The summed E-state index contributed by atoms with van der Waals surface area (Å²) in [6, 6.07) is 0. The van der Waals surface area contributed by atoms with Crippen molar-refractivity contribution in [3.05, 3.63) is 0 Å². The first-order chi connectivity index (χ1) is 9.62. The fourth-order valence-corrected chi connectivity index (χ4v) is 1.67. The number of carbonyl (C=O) groups excluding carboxylic acids is 2. The van der Waals surface area contributed by atoms with Gasteiger partial charge in [-0.2, -0.15) is 0 Å². The molecule has 3 N–H and O–H groups in total. The Balaban J connectivity index is 5.01. The second kappa shape index (κ2) is 6.64. The Kier molecular flexibility index (Phi) is 6.15. The van der Waals surface area contributed by atoms with Gasteiger partial charge in [-0.3, -0.25) is 4.79 Å². The molecule has 0 saturated heterocycles. The molecule has 7 heteroatoms. The Morgan fingerprint density at radius 1 is 1.05 bits per heavy atom. The van der Waals surface area contributed by atoms with Crippen LogP contribution >= 0.6 is 0 Å². The van der Waals surface area contributed by atoms with E-state index in [1.807, 2.05) is 0 Å². The first-order valence-corrected chi connectivity index (χ1v) is 7.09. The molecule has 0 rings (SSSR count). The summed E-state index contributed by atoms with van der Waals surface area (Å²) in [5, 5.41) is 9.19. The van der Waals surface area contributed by atoms with E-state index in [1.165, 1.54) is 27.7 Å². The minimum atomic E-state index is -2.16. The number of carbonyl (C=O) groups is 3. The number of esters is 2. The molecule has 128 valence electrons. The summed E-state index contributed by atoms with van der Waals surface area (Å²) in [5.41, 5.74) is 1.63. The number of carboxylic acids is 1. The van der Waals surface area contributed by atoms with E-state index >= 15 is 0 Å². The minimum absolute atomic E-state index is 0.205. The van der Waals surface area contributed by atoms with Gasteiger partial charge >= 0.3 is 17.9 Å². The van der Waals surface area contributed by atoms with Crippen molar-refractivity contribution < 1.29 is 29.0 Å². The second-order valence-electron chi connectivity index (χ2n) is 7.24. The van der Waals surface area contributed by atoms with Gasteiger partial charge in [0.1, 0.15) is 11.2 Å². The third kappa shape index (κ3) is 5.63. The fraction of sp³-hybridized carbons (Fsp3) is 0.800. The molecule has 7 nitrogen and oxygen atoms in total. The molecule has 1 unspecified atom stereocenters. The van der Waals surface area contributed by atoms with Crippen molar-refractivity contribution in [1.29, 1.82) is 0 Å². The van der Waals surface area contributed by atoms with Gasteiger partial charge in [0.05, 0.1) is 6.42 Å². The fourth-order valence-electron chi connectivity index (χ4n) is 1.67. The van der Waals surface area contributed by atoms with E-state index in [-0.39, 0.29) is 6.42 Å². The molecule has 0 bridgehead atoms. The molecule has 0 fully saturated rings. The van der Waals surface area contributed by atoms with Gasteiger partial charge in [-0.15, -0.1) is 0 Å².